The Morgan fingerprint density at radius 1 is 1.17 bits per heavy atom. The second-order valence-corrected chi connectivity index (χ2v) is 8.97. The van der Waals surface area contributed by atoms with E-state index in [1.54, 1.807) is 0 Å². The van der Waals surface area contributed by atoms with Crippen molar-refractivity contribution >= 4 is 11.9 Å². The lowest BCUT2D eigenvalue weighted by atomic mass is 9.52. The molecule has 5 heteroatoms. The fourth-order valence-corrected chi connectivity index (χ4v) is 5.11. The first-order chi connectivity index (χ1) is 11.2. The molecule has 0 aromatic rings. The first kappa shape index (κ1) is 17.7. The van der Waals surface area contributed by atoms with E-state index in [-0.39, 0.29) is 25.0 Å². The fraction of sp³-hybridized carbons (Fsp3) is 0.895. The fourth-order valence-electron chi connectivity index (χ4n) is 5.11. The highest BCUT2D eigenvalue weighted by molar-refractivity contribution is 5.76. The van der Waals surface area contributed by atoms with Crippen molar-refractivity contribution in [3.05, 3.63) is 0 Å². The lowest BCUT2D eigenvalue weighted by molar-refractivity contribution is -0.220. The minimum Gasteiger partial charge on any atom is -0.465 e. The minimum atomic E-state index is -0.637. The molecule has 4 aliphatic rings. The molecule has 0 aliphatic heterocycles. The van der Waals surface area contributed by atoms with Crippen LogP contribution in [0.25, 0.3) is 0 Å². The summed E-state index contributed by atoms with van der Waals surface area (Å²) in [7, 11) is 0. The van der Waals surface area contributed by atoms with Crippen LogP contribution < -0.4 is 0 Å². The Labute approximate surface area is 144 Å². The van der Waals surface area contributed by atoms with E-state index in [9.17, 15) is 14.7 Å². The predicted molar refractivity (Wildman–Crippen MR) is 88.1 cm³/mol. The van der Waals surface area contributed by atoms with Gasteiger partial charge < -0.3 is 14.6 Å². The van der Waals surface area contributed by atoms with Crippen LogP contribution in [-0.4, -0.2) is 34.9 Å². The average molecular weight is 338 g/mol. The van der Waals surface area contributed by atoms with Gasteiger partial charge in [0, 0.05) is 6.42 Å². The van der Waals surface area contributed by atoms with E-state index in [0.29, 0.717) is 24.7 Å². The Kier molecular flexibility index (Phi) is 4.44. The Balaban J connectivity index is 1.50. The van der Waals surface area contributed by atoms with Gasteiger partial charge in [0.2, 0.25) is 0 Å². The molecule has 4 rings (SSSR count). The van der Waals surface area contributed by atoms with Crippen LogP contribution in [0, 0.1) is 17.3 Å². The topological polar surface area (TPSA) is 72.8 Å². The lowest BCUT2D eigenvalue weighted by Crippen LogP contribution is -2.60. The largest absolute Gasteiger partial charge is 0.465 e. The normalized spacial score (nSPS) is 37.3. The van der Waals surface area contributed by atoms with Crippen LogP contribution in [0.1, 0.15) is 72.1 Å². The Morgan fingerprint density at radius 3 is 2.33 bits per heavy atom. The molecule has 4 aliphatic carbocycles. The summed E-state index contributed by atoms with van der Waals surface area (Å²) in [6.07, 6.45) is 5.97. The van der Waals surface area contributed by atoms with Gasteiger partial charge >= 0.3 is 11.9 Å². The highest BCUT2D eigenvalue weighted by atomic mass is 16.6. The van der Waals surface area contributed by atoms with Gasteiger partial charge in [-0.05, 0) is 64.2 Å². The molecule has 0 heterocycles. The summed E-state index contributed by atoms with van der Waals surface area (Å²) in [5.41, 5.74) is -1.64. The van der Waals surface area contributed by atoms with Crippen LogP contribution >= 0.6 is 0 Å². The van der Waals surface area contributed by atoms with E-state index in [4.69, 9.17) is 9.47 Å². The molecule has 5 nitrogen and oxygen atoms in total. The van der Waals surface area contributed by atoms with Crippen molar-refractivity contribution in [3.63, 3.8) is 0 Å². The Morgan fingerprint density at radius 2 is 1.79 bits per heavy atom. The average Bonchev–Trinajstić information content (AvgIpc) is 2.43. The number of aliphatic hydroxyl groups is 1. The molecule has 4 saturated carbocycles. The minimum absolute atomic E-state index is 0.0638. The molecule has 0 amide bonds. The smallest absolute Gasteiger partial charge is 0.311 e. The molecule has 0 aromatic carbocycles. The van der Waals surface area contributed by atoms with Gasteiger partial charge in [0.1, 0.15) is 12.2 Å². The van der Waals surface area contributed by atoms with Gasteiger partial charge in [-0.2, -0.15) is 0 Å². The molecule has 2 unspecified atom stereocenters. The van der Waals surface area contributed by atoms with Crippen molar-refractivity contribution in [1.82, 2.24) is 0 Å². The zero-order valence-corrected chi connectivity index (χ0v) is 15.1. The zero-order valence-electron chi connectivity index (χ0n) is 15.1. The van der Waals surface area contributed by atoms with Crippen LogP contribution in [-0.2, 0) is 19.1 Å². The van der Waals surface area contributed by atoms with E-state index in [1.165, 1.54) is 0 Å². The summed E-state index contributed by atoms with van der Waals surface area (Å²) in [5, 5.41) is 10.7. The molecule has 0 aromatic heterocycles. The number of rotatable bonds is 6. The molecule has 136 valence electrons. The van der Waals surface area contributed by atoms with Gasteiger partial charge in [-0.15, -0.1) is 0 Å². The number of hydrogen-bond acceptors (Lipinski definition) is 5. The van der Waals surface area contributed by atoms with Crippen molar-refractivity contribution in [2.24, 2.45) is 17.3 Å². The van der Waals surface area contributed by atoms with Crippen LogP contribution in [0.3, 0.4) is 0 Å². The van der Waals surface area contributed by atoms with Gasteiger partial charge in [0.05, 0.1) is 17.4 Å². The van der Waals surface area contributed by atoms with Gasteiger partial charge in [0.15, 0.2) is 0 Å². The first-order valence-corrected chi connectivity index (χ1v) is 9.27. The molecular weight excluding hydrogens is 308 g/mol. The zero-order chi connectivity index (χ0) is 17.6. The van der Waals surface area contributed by atoms with Crippen molar-refractivity contribution in [2.45, 2.75) is 83.3 Å². The molecule has 4 bridgehead atoms. The standard InChI is InChI=1S/C19H30O5/c1-4-17(2,3)16(21)23-6-5-15(20)24-19-10-13-7-14(11-19)9-18(22,8-13)12-19/h13-14,22H,4-12H2,1-3H3. The number of carbonyl (C=O) groups excluding carboxylic acids is 2. The maximum Gasteiger partial charge on any atom is 0.311 e. The number of ether oxygens (including phenoxy) is 2. The van der Waals surface area contributed by atoms with E-state index in [1.807, 2.05) is 20.8 Å². The Bertz CT molecular complexity index is 510. The second kappa shape index (κ2) is 6.01. The highest BCUT2D eigenvalue weighted by Gasteiger charge is 2.59. The SMILES string of the molecule is CCC(C)(C)C(=O)OCCC(=O)OC12CC3CC(CC(O)(C3)C1)C2. The quantitative estimate of drug-likeness (QED) is 0.754. The van der Waals surface area contributed by atoms with E-state index in [0.717, 1.165) is 32.1 Å². The van der Waals surface area contributed by atoms with Crippen molar-refractivity contribution < 1.29 is 24.2 Å². The highest BCUT2D eigenvalue weighted by Crippen LogP contribution is 2.58. The summed E-state index contributed by atoms with van der Waals surface area (Å²) in [4.78, 5) is 24.2. The molecule has 0 saturated heterocycles. The monoisotopic (exact) mass is 338 g/mol. The maximum absolute atomic E-state index is 12.2. The number of hydrogen-bond donors (Lipinski definition) is 1. The molecule has 2 atom stereocenters. The number of esters is 2. The molecule has 0 radical (unpaired) electrons. The van der Waals surface area contributed by atoms with E-state index in [2.05, 4.69) is 0 Å². The summed E-state index contributed by atoms with van der Waals surface area (Å²) >= 11 is 0. The van der Waals surface area contributed by atoms with Crippen LogP contribution in [0.4, 0.5) is 0 Å². The van der Waals surface area contributed by atoms with E-state index >= 15 is 0 Å². The van der Waals surface area contributed by atoms with Crippen LogP contribution in [0.15, 0.2) is 0 Å². The summed E-state index contributed by atoms with van der Waals surface area (Å²) in [5.74, 6) is 0.365. The summed E-state index contributed by atoms with van der Waals surface area (Å²) in [6.45, 7) is 5.68. The second-order valence-electron chi connectivity index (χ2n) is 8.97. The van der Waals surface area contributed by atoms with Crippen molar-refractivity contribution in [2.75, 3.05) is 6.61 Å². The number of carbonyl (C=O) groups is 2. The molecule has 24 heavy (non-hydrogen) atoms. The van der Waals surface area contributed by atoms with Gasteiger partial charge in [-0.3, -0.25) is 9.59 Å². The third-order valence-corrected chi connectivity index (χ3v) is 6.28. The van der Waals surface area contributed by atoms with Crippen LogP contribution in [0.5, 0.6) is 0 Å². The van der Waals surface area contributed by atoms with Gasteiger partial charge in [-0.25, -0.2) is 0 Å². The summed E-state index contributed by atoms with van der Waals surface area (Å²) in [6, 6.07) is 0. The van der Waals surface area contributed by atoms with Crippen molar-refractivity contribution in [3.8, 4) is 0 Å². The maximum atomic E-state index is 12.2. The van der Waals surface area contributed by atoms with Gasteiger partial charge in [-0.1, -0.05) is 6.92 Å². The predicted octanol–water partition coefficient (Wildman–Crippen LogP) is 2.98. The van der Waals surface area contributed by atoms with Gasteiger partial charge in [0.25, 0.3) is 0 Å². The third-order valence-electron chi connectivity index (χ3n) is 6.28. The van der Waals surface area contributed by atoms with Crippen LogP contribution in [0.2, 0.25) is 0 Å². The van der Waals surface area contributed by atoms with E-state index < -0.39 is 16.6 Å². The molecular formula is C19H30O5. The molecule has 0 spiro atoms. The molecule has 1 N–H and O–H groups in total. The summed E-state index contributed by atoms with van der Waals surface area (Å²) < 4.78 is 11.0. The first-order valence-electron chi connectivity index (χ1n) is 9.27. The lowest BCUT2D eigenvalue weighted by Gasteiger charge is -2.59. The molecule has 4 fully saturated rings. The third kappa shape index (κ3) is 3.46. The van der Waals surface area contributed by atoms with Crippen molar-refractivity contribution in [1.29, 1.82) is 0 Å². The Hall–Kier alpha value is -1.10.